The molecule has 0 saturated carbocycles. The van der Waals surface area contributed by atoms with Gasteiger partial charge in [-0.3, -0.25) is 4.79 Å². The summed E-state index contributed by atoms with van der Waals surface area (Å²) in [7, 11) is 0. The first kappa shape index (κ1) is 19.5. The van der Waals surface area contributed by atoms with Gasteiger partial charge in [-0.05, 0) is 48.7 Å². The number of nitrogens with zero attached hydrogens (tertiary/aromatic N) is 2. The van der Waals surface area contributed by atoms with E-state index in [9.17, 15) is 14.9 Å². The van der Waals surface area contributed by atoms with Gasteiger partial charge in [-0.2, -0.15) is 16.6 Å². The Balaban J connectivity index is 2.21. The normalized spacial score (nSPS) is 13.8. The number of benzene rings is 1. The quantitative estimate of drug-likeness (QED) is 0.604. The predicted molar refractivity (Wildman–Crippen MR) is 101 cm³/mol. The van der Waals surface area contributed by atoms with Crippen molar-refractivity contribution in [2.75, 3.05) is 6.54 Å². The van der Waals surface area contributed by atoms with E-state index in [1.807, 2.05) is 48.8 Å². The molecular formula is C19H22N4O2S. The number of likely N-dealkylation sites (N-methyl/N-ethyl adjacent to an activating group) is 1. The molecule has 0 fully saturated rings. The van der Waals surface area contributed by atoms with Crippen molar-refractivity contribution >= 4 is 23.3 Å². The van der Waals surface area contributed by atoms with Crippen molar-refractivity contribution < 1.29 is 9.59 Å². The van der Waals surface area contributed by atoms with Crippen LogP contribution in [0.1, 0.15) is 37.9 Å². The Kier molecular flexibility index (Phi) is 6.36. The summed E-state index contributed by atoms with van der Waals surface area (Å²) in [6.07, 6.45) is 1.87. The lowest BCUT2D eigenvalue weighted by Gasteiger charge is -2.32. The van der Waals surface area contributed by atoms with Gasteiger partial charge in [-0.15, -0.1) is 0 Å². The van der Waals surface area contributed by atoms with E-state index in [1.165, 1.54) is 11.3 Å². The smallest absolute Gasteiger partial charge is 0.316 e. The van der Waals surface area contributed by atoms with Gasteiger partial charge in [0.15, 0.2) is 6.19 Å². The zero-order chi connectivity index (χ0) is 19.2. The number of urea groups is 1. The highest BCUT2D eigenvalue weighted by Crippen LogP contribution is 2.26. The summed E-state index contributed by atoms with van der Waals surface area (Å²) in [4.78, 5) is 26.5. The summed E-state index contributed by atoms with van der Waals surface area (Å²) in [5.74, 6) is -0.469. The lowest BCUT2D eigenvalue weighted by Crippen LogP contribution is -2.56. The predicted octanol–water partition coefficient (Wildman–Crippen LogP) is 3.35. The summed E-state index contributed by atoms with van der Waals surface area (Å²) < 4.78 is 0. The molecule has 0 aliphatic carbocycles. The van der Waals surface area contributed by atoms with Crippen LogP contribution in [-0.2, 0) is 10.3 Å². The fourth-order valence-corrected chi connectivity index (χ4v) is 3.38. The second kappa shape index (κ2) is 8.50. The molecule has 2 atom stereocenters. The summed E-state index contributed by atoms with van der Waals surface area (Å²) in [5.41, 5.74) is 0.272. The average molecular weight is 370 g/mol. The van der Waals surface area contributed by atoms with Crippen LogP contribution in [0.5, 0.6) is 0 Å². The molecule has 0 aliphatic rings. The lowest BCUT2D eigenvalue weighted by atomic mass is 9.93. The van der Waals surface area contributed by atoms with E-state index >= 15 is 0 Å². The van der Waals surface area contributed by atoms with Gasteiger partial charge in [0, 0.05) is 6.54 Å². The molecule has 0 saturated heterocycles. The average Bonchev–Trinajstić information content (AvgIpc) is 3.18. The Labute approximate surface area is 157 Å². The monoisotopic (exact) mass is 370 g/mol. The molecule has 1 aromatic heterocycles. The Morgan fingerprint density at radius 2 is 2.00 bits per heavy atom. The molecule has 136 valence electrons. The summed E-state index contributed by atoms with van der Waals surface area (Å²) >= 11 is 1.42. The van der Waals surface area contributed by atoms with Gasteiger partial charge >= 0.3 is 6.03 Å². The zero-order valence-corrected chi connectivity index (χ0v) is 15.8. The van der Waals surface area contributed by atoms with Crippen molar-refractivity contribution in [3.8, 4) is 6.19 Å². The molecule has 0 bridgehead atoms. The van der Waals surface area contributed by atoms with Gasteiger partial charge in [-0.25, -0.2) is 9.69 Å². The third-order valence-corrected chi connectivity index (χ3v) is 4.90. The number of carbonyl (C=O) groups excluding carboxylic acids is 2. The molecule has 1 heterocycles. The van der Waals surface area contributed by atoms with Crippen LogP contribution in [0.3, 0.4) is 0 Å². The highest BCUT2D eigenvalue weighted by atomic mass is 32.1. The first-order chi connectivity index (χ1) is 12.4. The van der Waals surface area contributed by atoms with Crippen LogP contribution in [0.15, 0.2) is 47.2 Å². The first-order valence-electron chi connectivity index (χ1n) is 8.30. The van der Waals surface area contributed by atoms with E-state index in [-0.39, 0.29) is 12.6 Å². The third-order valence-electron chi connectivity index (χ3n) is 4.22. The minimum absolute atomic E-state index is 0.226. The molecular weight excluding hydrogens is 348 g/mol. The molecule has 2 aromatic rings. The molecule has 2 N–H and O–H groups in total. The van der Waals surface area contributed by atoms with E-state index in [2.05, 4.69) is 10.6 Å². The van der Waals surface area contributed by atoms with Crippen molar-refractivity contribution in [2.45, 2.75) is 32.4 Å². The Morgan fingerprint density at radius 3 is 2.54 bits per heavy atom. The Morgan fingerprint density at radius 1 is 1.31 bits per heavy atom. The number of amides is 3. The number of hydrogen-bond donors (Lipinski definition) is 2. The minimum Gasteiger partial charge on any atom is -0.332 e. The number of carbonyl (C=O) groups is 2. The largest absolute Gasteiger partial charge is 0.332 e. The maximum absolute atomic E-state index is 12.9. The molecule has 7 heteroatoms. The van der Waals surface area contributed by atoms with Crippen LogP contribution in [-0.4, -0.2) is 23.4 Å². The number of thiophene rings is 1. The Hall–Kier alpha value is -2.85. The van der Waals surface area contributed by atoms with E-state index in [0.29, 0.717) is 5.56 Å². The van der Waals surface area contributed by atoms with Crippen LogP contribution in [0.2, 0.25) is 0 Å². The highest BCUT2D eigenvalue weighted by Gasteiger charge is 2.40. The van der Waals surface area contributed by atoms with Gasteiger partial charge in [-0.1, -0.05) is 30.3 Å². The van der Waals surface area contributed by atoms with E-state index in [0.717, 1.165) is 10.5 Å². The minimum atomic E-state index is -1.33. The molecule has 6 nitrogen and oxygen atoms in total. The summed E-state index contributed by atoms with van der Waals surface area (Å²) in [6.45, 7) is 5.43. The maximum atomic E-state index is 12.9. The van der Waals surface area contributed by atoms with Gasteiger partial charge in [0.25, 0.3) is 5.91 Å². The van der Waals surface area contributed by atoms with Gasteiger partial charge in [0.2, 0.25) is 0 Å². The number of nitrogens with one attached hydrogen (secondary N) is 2. The van der Waals surface area contributed by atoms with E-state index in [4.69, 9.17) is 0 Å². The van der Waals surface area contributed by atoms with Crippen molar-refractivity contribution in [2.24, 2.45) is 0 Å². The van der Waals surface area contributed by atoms with Crippen LogP contribution in [0.25, 0.3) is 0 Å². The molecule has 26 heavy (non-hydrogen) atoms. The summed E-state index contributed by atoms with van der Waals surface area (Å²) in [6, 6.07) is 10.6. The highest BCUT2D eigenvalue weighted by molar-refractivity contribution is 7.08. The van der Waals surface area contributed by atoms with Crippen LogP contribution in [0.4, 0.5) is 4.79 Å². The fourth-order valence-electron chi connectivity index (χ4n) is 2.61. The van der Waals surface area contributed by atoms with Gasteiger partial charge in [0.05, 0.1) is 6.04 Å². The third kappa shape index (κ3) is 4.21. The second-order valence-electron chi connectivity index (χ2n) is 6.02. The number of nitriles is 1. The Bertz CT molecular complexity index is 786. The van der Waals surface area contributed by atoms with E-state index < -0.39 is 17.5 Å². The number of rotatable bonds is 6. The molecule has 0 radical (unpaired) electrons. The zero-order valence-electron chi connectivity index (χ0n) is 15.0. The van der Waals surface area contributed by atoms with Gasteiger partial charge in [0.1, 0.15) is 5.54 Å². The van der Waals surface area contributed by atoms with Crippen LogP contribution < -0.4 is 10.6 Å². The molecule has 0 spiro atoms. The topological polar surface area (TPSA) is 85.2 Å². The first-order valence-corrected chi connectivity index (χ1v) is 9.24. The molecule has 1 aromatic carbocycles. The van der Waals surface area contributed by atoms with Crippen LogP contribution >= 0.6 is 11.3 Å². The van der Waals surface area contributed by atoms with Crippen molar-refractivity contribution in [3.05, 3.63) is 58.3 Å². The SMILES string of the molecule is CCN(C#N)C(=O)C(C)(NC(=O)N[C@@H](C)c1ccccc1)c1ccsc1. The standard InChI is InChI=1S/C19H22N4O2S/c1-4-23(13-20)17(24)19(3,16-10-11-26-12-16)22-18(25)21-14(2)15-8-6-5-7-9-15/h5-12,14H,4H2,1-3H3,(H2,21,22,25)/t14-,19?/m0/s1. The lowest BCUT2D eigenvalue weighted by molar-refractivity contribution is -0.134. The molecule has 3 amide bonds. The van der Waals surface area contributed by atoms with Crippen LogP contribution in [0, 0.1) is 11.5 Å². The van der Waals surface area contributed by atoms with Crippen molar-refractivity contribution in [1.82, 2.24) is 15.5 Å². The molecule has 1 unspecified atom stereocenters. The maximum Gasteiger partial charge on any atom is 0.316 e. The molecule has 2 rings (SSSR count). The molecule has 0 aliphatic heterocycles. The van der Waals surface area contributed by atoms with Crippen molar-refractivity contribution in [3.63, 3.8) is 0 Å². The van der Waals surface area contributed by atoms with Gasteiger partial charge < -0.3 is 10.6 Å². The summed E-state index contributed by atoms with van der Waals surface area (Å²) in [5, 5.41) is 18.4. The second-order valence-corrected chi connectivity index (χ2v) is 6.80. The van der Waals surface area contributed by atoms with Crippen molar-refractivity contribution in [1.29, 1.82) is 5.26 Å². The fraction of sp³-hybridized carbons (Fsp3) is 0.316. The van der Waals surface area contributed by atoms with E-state index in [1.54, 1.807) is 25.3 Å². The number of hydrogen-bond acceptors (Lipinski definition) is 4.